The molecule has 1 fully saturated rings. The minimum Gasteiger partial charge on any atom is -0.481 e. The summed E-state index contributed by atoms with van der Waals surface area (Å²) in [5.74, 6) is -1.69. The third kappa shape index (κ3) is 6.13. The van der Waals surface area contributed by atoms with E-state index in [-0.39, 0.29) is 17.9 Å². The van der Waals surface area contributed by atoms with E-state index in [1.165, 1.54) is 0 Å². The zero-order chi connectivity index (χ0) is 12.6. The summed E-state index contributed by atoms with van der Waals surface area (Å²) in [5.41, 5.74) is 0. The molecule has 2 amide bonds. The molecule has 0 aromatic rings. The van der Waals surface area contributed by atoms with Crippen LogP contribution in [0.15, 0.2) is 0 Å². The maximum atomic E-state index is 10.2. The number of unbranched alkanes of at least 4 members (excludes halogenated alkanes) is 2. The van der Waals surface area contributed by atoms with Gasteiger partial charge >= 0.3 is 5.97 Å². The fourth-order valence-corrected chi connectivity index (χ4v) is 1.09. The van der Waals surface area contributed by atoms with Gasteiger partial charge in [0.2, 0.25) is 0 Å². The van der Waals surface area contributed by atoms with Gasteiger partial charge in [-0.2, -0.15) is 5.06 Å². The van der Waals surface area contributed by atoms with E-state index in [4.69, 9.17) is 10.3 Å². The van der Waals surface area contributed by atoms with Crippen LogP contribution < -0.4 is 0 Å². The highest BCUT2D eigenvalue weighted by Crippen LogP contribution is 2.07. The Morgan fingerprint density at radius 1 is 1.25 bits per heavy atom. The first-order chi connectivity index (χ1) is 7.49. The molecule has 6 nitrogen and oxygen atoms in total. The normalized spacial score (nSPS) is 14.8. The van der Waals surface area contributed by atoms with E-state index in [0.717, 1.165) is 19.3 Å². The predicted molar refractivity (Wildman–Crippen MR) is 54.7 cm³/mol. The number of carboxylic acids is 1. The molecular formula is C10H17NO5. The first kappa shape index (κ1) is 14.6. The Morgan fingerprint density at radius 3 is 2.00 bits per heavy atom. The molecule has 0 aromatic carbocycles. The van der Waals surface area contributed by atoms with Crippen molar-refractivity contribution in [3.05, 3.63) is 0 Å². The monoisotopic (exact) mass is 231 g/mol. The molecule has 16 heavy (non-hydrogen) atoms. The lowest BCUT2D eigenvalue weighted by molar-refractivity contribution is -0.171. The van der Waals surface area contributed by atoms with Gasteiger partial charge < -0.3 is 5.11 Å². The van der Waals surface area contributed by atoms with Crippen LogP contribution in [0.2, 0.25) is 0 Å². The molecule has 2 N–H and O–H groups in total. The highest BCUT2D eigenvalue weighted by atomic mass is 16.5. The maximum absolute atomic E-state index is 10.2. The van der Waals surface area contributed by atoms with Crippen molar-refractivity contribution in [2.24, 2.45) is 0 Å². The van der Waals surface area contributed by atoms with E-state index in [9.17, 15) is 14.4 Å². The average molecular weight is 231 g/mol. The lowest BCUT2D eigenvalue weighted by Crippen LogP contribution is -2.24. The van der Waals surface area contributed by atoms with Crippen LogP contribution in [0.25, 0.3) is 0 Å². The topological polar surface area (TPSA) is 94.9 Å². The Kier molecular flexibility index (Phi) is 7.11. The SMILES string of the molecule is CCCCCC(=O)O.O=C1CCC(=O)N1O. The van der Waals surface area contributed by atoms with Crippen LogP contribution in [-0.4, -0.2) is 33.2 Å². The Hall–Kier alpha value is -1.43. The molecule has 0 unspecified atom stereocenters. The summed E-state index contributed by atoms with van der Waals surface area (Å²) in [7, 11) is 0. The van der Waals surface area contributed by atoms with Gasteiger partial charge in [-0.15, -0.1) is 0 Å². The molecule has 92 valence electrons. The van der Waals surface area contributed by atoms with E-state index in [1.807, 2.05) is 0 Å². The highest BCUT2D eigenvalue weighted by molar-refractivity contribution is 6.00. The van der Waals surface area contributed by atoms with Gasteiger partial charge in [0.15, 0.2) is 0 Å². The number of hydroxylamine groups is 2. The van der Waals surface area contributed by atoms with Gasteiger partial charge in [0.1, 0.15) is 0 Å². The zero-order valence-electron chi connectivity index (χ0n) is 9.31. The molecule has 0 spiro atoms. The van der Waals surface area contributed by atoms with E-state index < -0.39 is 17.8 Å². The minimum atomic E-state index is -0.682. The number of aliphatic carboxylic acids is 1. The quantitative estimate of drug-likeness (QED) is 0.430. The molecular weight excluding hydrogens is 214 g/mol. The fourth-order valence-electron chi connectivity index (χ4n) is 1.09. The van der Waals surface area contributed by atoms with Gasteiger partial charge in [-0.05, 0) is 6.42 Å². The molecule has 1 rings (SSSR count). The number of carbonyl (C=O) groups is 3. The molecule has 0 radical (unpaired) electrons. The molecule has 1 aliphatic heterocycles. The zero-order valence-corrected chi connectivity index (χ0v) is 9.31. The fraction of sp³-hybridized carbons (Fsp3) is 0.700. The largest absolute Gasteiger partial charge is 0.481 e. The van der Waals surface area contributed by atoms with Gasteiger partial charge in [0.25, 0.3) is 11.8 Å². The molecule has 0 bridgehead atoms. The van der Waals surface area contributed by atoms with Crippen molar-refractivity contribution >= 4 is 17.8 Å². The third-order valence-corrected chi connectivity index (χ3v) is 2.02. The smallest absolute Gasteiger partial charge is 0.303 e. The van der Waals surface area contributed by atoms with Crippen LogP contribution in [0, 0.1) is 0 Å². The number of hydrogen-bond acceptors (Lipinski definition) is 4. The molecule has 0 atom stereocenters. The Bertz CT molecular complexity index is 248. The third-order valence-electron chi connectivity index (χ3n) is 2.02. The average Bonchev–Trinajstić information content (AvgIpc) is 2.51. The second kappa shape index (κ2) is 7.81. The summed E-state index contributed by atoms with van der Waals surface area (Å²) >= 11 is 0. The lowest BCUT2D eigenvalue weighted by atomic mass is 10.2. The molecule has 0 saturated carbocycles. The van der Waals surface area contributed by atoms with Crippen molar-refractivity contribution in [3.63, 3.8) is 0 Å². The molecule has 1 saturated heterocycles. The molecule has 0 aliphatic carbocycles. The van der Waals surface area contributed by atoms with Crippen LogP contribution >= 0.6 is 0 Å². The number of rotatable bonds is 4. The standard InChI is InChI=1S/C6H12O2.C4H5NO3/c1-2-3-4-5-6(7)8;6-3-1-2-4(7)5(3)8/h2-5H2,1H3,(H,7,8);8H,1-2H2. The van der Waals surface area contributed by atoms with Gasteiger partial charge in [-0.3, -0.25) is 19.6 Å². The van der Waals surface area contributed by atoms with E-state index in [1.54, 1.807) is 0 Å². The Morgan fingerprint density at radius 2 is 1.75 bits per heavy atom. The predicted octanol–water partition coefficient (Wildman–Crippen LogP) is 1.18. The van der Waals surface area contributed by atoms with Crippen molar-refractivity contribution in [3.8, 4) is 0 Å². The first-order valence-corrected chi connectivity index (χ1v) is 5.25. The number of carbonyl (C=O) groups excluding carboxylic acids is 2. The van der Waals surface area contributed by atoms with Crippen LogP contribution in [0.1, 0.15) is 45.4 Å². The second-order valence-electron chi connectivity index (χ2n) is 3.45. The number of imide groups is 1. The lowest BCUT2D eigenvalue weighted by Gasteiger charge is -1.98. The number of hydrogen-bond donors (Lipinski definition) is 2. The summed E-state index contributed by atoms with van der Waals surface area (Å²) in [6.45, 7) is 2.06. The molecule has 1 heterocycles. The van der Waals surface area contributed by atoms with E-state index in [2.05, 4.69) is 6.92 Å². The summed E-state index contributed by atoms with van der Waals surface area (Å²) in [6.07, 6.45) is 3.57. The van der Waals surface area contributed by atoms with Crippen molar-refractivity contribution in [2.75, 3.05) is 0 Å². The van der Waals surface area contributed by atoms with Crippen molar-refractivity contribution in [1.82, 2.24) is 5.06 Å². The van der Waals surface area contributed by atoms with Crippen LogP contribution in [0.4, 0.5) is 0 Å². The molecule has 6 heteroatoms. The van der Waals surface area contributed by atoms with Gasteiger partial charge in [-0.25, -0.2) is 0 Å². The Labute approximate surface area is 93.8 Å². The van der Waals surface area contributed by atoms with Gasteiger partial charge in [0, 0.05) is 19.3 Å². The summed E-state index contributed by atoms with van der Waals surface area (Å²) in [5, 5.41) is 16.7. The summed E-state index contributed by atoms with van der Waals surface area (Å²) in [4.78, 5) is 30.4. The van der Waals surface area contributed by atoms with Crippen molar-refractivity contribution < 1.29 is 24.7 Å². The number of carboxylic acid groups (broad SMARTS) is 1. The highest BCUT2D eigenvalue weighted by Gasteiger charge is 2.26. The van der Waals surface area contributed by atoms with Crippen LogP contribution in [-0.2, 0) is 14.4 Å². The van der Waals surface area contributed by atoms with E-state index >= 15 is 0 Å². The van der Waals surface area contributed by atoms with Crippen LogP contribution in [0.3, 0.4) is 0 Å². The minimum absolute atomic E-state index is 0.148. The van der Waals surface area contributed by atoms with Crippen LogP contribution in [0.5, 0.6) is 0 Å². The van der Waals surface area contributed by atoms with Crippen molar-refractivity contribution in [2.45, 2.75) is 45.4 Å². The molecule has 0 aromatic heterocycles. The second-order valence-corrected chi connectivity index (χ2v) is 3.45. The maximum Gasteiger partial charge on any atom is 0.303 e. The summed E-state index contributed by atoms with van der Waals surface area (Å²) in [6, 6.07) is 0. The first-order valence-electron chi connectivity index (χ1n) is 5.25. The number of nitrogens with zero attached hydrogens (tertiary/aromatic N) is 1. The Balaban J connectivity index is 0.000000281. The molecule has 1 aliphatic rings. The van der Waals surface area contributed by atoms with Gasteiger partial charge in [0.05, 0.1) is 0 Å². The van der Waals surface area contributed by atoms with E-state index in [0.29, 0.717) is 6.42 Å². The van der Waals surface area contributed by atoms with Crippen molar-refractivity contribution in [1.29, 1.82) is 0 Å². The summed E-state index contributed by atoms with van der Waals surface area (Å²) < 4.78 is 0. The van der Waals surface area contributed by atoms with Gasteiger partial charge in [-0.1, -0.05) is 19.8 Å². The number of amides is 2.